The molecule has 0 heterocycles. The molecule has 1 atom stereocenters. The van der Waals surface area contributed by atoms with Gasteiger partial charge in [-0.1, -0.05) is 24.3 Å². The Bertz CT molecular complexity index is 273. The van der Waals surface area contributed by atoms with Gasteiger partial charge in [-0.05, 0) is 24.0 Å². The van der Waals surface area contributed by atoms with Gasteiger partial charge in [-0.15, -0.1) is 0 Å². The molecule has 1 unspecified atom stereocenters. The summed E-state index contributed by atoms with van der Waals surface area (Å²) in [6.45, 7) is -0.125. The average Bonchev–Trinajstić information content (AvgIpc) is 2.25. The third-order valence-electron chi connectivity index (χ3n) is 2.19. The van der Waals surface area contributed by atoms with Crippen LogP contribution in [-0.2, 0) is 6.42 Å². The lowest BCUT2D eigenvalue weighted by atomic mass is 9.99. The maximum atomic E-state index is 9.50. The summed E-state index contributed by atoms with van der Waals surface area (Å²) in [4.78, 5) is 0. The molecule has 0 saturated heterocycles. The van der Waals surface area contributed by atoms with E-state index in [-0.39, 0.29) is 13.2 Å². The lowest BCUT2D eigenvalue weighted by Gasteiger charge is -2.12. The van der Waals surface area contributed by atoms with Gasteiger partial charge in [0.25, 0.3) is 0 Å². The van der Waals surface area contributed by atoms with Gasteiger partial charge in [0.15, 0.2) is 0 Å². The van der Waals surface area contributed by atoms with Crippen molar-refractivity contribution in [3.8, 4) is 0 Å². The lowest BCUT2D eigenvalue weighted by Crippen LogP contribution is -2.06. The van der Waals surface area contributed by atoms with Gasteiger partial charge in [-0.25, -0.2) is 0 Å². The van der Waals surface area contributed by atoms with E-state index < -0.39 is 6.10 Å². The number of aryl methyl sites for hydroxylation is 1. The first-order valence-electron chi connectivity index (χ1n) is 4.77. The number of rotatable bonds is 5. The molecule has 0 aromatic heterocycles. The van der Waals surface area contributed by atoms with E-state index >= 15 is 0 Å². The molecule has 78 valence electrons. The Hall–Kier alpha value is -0.900. The second kappa shape index (κ2) is 5.75. The van der Waals surface area contributed by atoms with Crippen LogP contribution in [-0.4, -0.2) is 28.5 Å². The summed E-state index contributed by atoms with van der Waals surface area (Å²) >= 11 is 0. The summed E-state index contributed by atoms with van der Waals surface area (Å²) in [6, 6.07) is 7.43. The zero-order valence-corrected chi connectivity index (χ0v) is 8.06. The van der Waals surface area contributed by atoms with Crippen molar-refractivity contribution in [1.29, 1.82) is 0 Å². The van der Waals surface area contributed by atoms with Crippen molar-refractivity contribution < 1.29 is 15.3 Å². The molecule has 1 aromatic carbocycles. The van der Waals surface area contributed by atoms with E-state index in [9.17, 15) is 5.11 Å². The number of aliphatic hydroxyl groups is 3. The second-order valence-electron chi connectivity index (χ2n) is 3.22. The highest BCUT2D eigenvalue weighted by atomic mass is 16.3. The first-order valence-corrected chi connectivity index (χ1v) is 4.77. The maximum Gasteiger partial charge on any atom is 0.102 e. The van der Waals surface area contributed by atoms with E-state index in [1.807, 2.05) is 18.2 Å². The minimum Gasteiger partial charge on any atom is -0.396 e. The van der Waals surface area contributed by atoms with Crippen molar-refractivity contribution in [1.82, 2.24) is 0 Å². The standard InChI is InChI=1S/C11H16O3/c12-7-3-5-9-4-1-2-6-10(9)11(14)8-13/h1-2,4,6,11-14H,3,5,7-8H2. The van der Waals surface area contributed by atoms with Crippen molar-refractivity contribution in [2.24, 2.45) is 0 Å². The summed E-state index contributed by atoms with van der Waals surface area (Å²) in [7, 11) is 0. The number of hydrogen-bond acceptors (Lipinski definition) is 3. The van der Waals surface area contributed by atoms with Crippen LogP contribution in [0.3, 0.4) is 0 Å². The van der Waals surface area contributed by atoms with E-state index in [1.165, 1.54) is 0 Å². The van der Waals surface area contributed by atoms with Gasteiger partial charge in [0, 0.05) is 6.61 Å². The highest BCUT2D eigenvalue weighted by Gasteiger charge is 2.09. The van der Waals surface area contributed by atoms with Gasteiger partial charge >= 0.3 is 0 Å². The summed E-state index contributed by atoms with van der Waals surface area (Å²) in [5.41, 5.74) is 1.74. The van der Waals surface area contributed by atoms with Gasteiger partial charge in [0.2, 0.25) is 0 Å². The molecule has 3 heteroatoms. The Morgan fingerprint density at radius 1 is 1.14 bits per heavy atom. The van der Waals surface area contributed by atoms with Crippen LogP contribution in [0.25, 0.3) is 0 Å². The van der Waals surface area contributed by atoms with E-state index in [0.717, 1.165) is 17.5 Å². The Morgan fingerprint density at radius 2 is 1.86 bits per heavy atom. The molecule has 0 spiro atoms. The molecule has 0 radical (unpaired) electrons. The van der Waals surface area contributed by atoms with Crippen LogP contribution >= 0.6 is 0 Å². The second-order valence-corrected chi connectivity index (χ2v) is 3.22. The summed E-state index contributed by atoms with van der Waals surface area (Å²) in [5.74, 6) is 0. The van der Waals surface area contributed by atoms with Crippen molar-refractivity contribution in [3.05, 3.63) is 35.4 Å². The predicted molar refractivity (Wildman–Crippen MR) is 53.9 cm³/mol. The summed E-state index contributed by atoms with van der Waals surface area (Å²) in [6.07, 6.45) is 0.587. The van der Waals surface area contributed by atoms with Crippen molar-refractivity contribution in [2.45, 2.75) is 18.9 Å². The van der Waals surface area contributed by atoms with Crippen LogP contribution in [0.1, 0.15) is 23.7 Å². The molecule has 14 heavy (non-hydrogen) atoms. The molecule has 0 aliphatic rings. The van der Waals surface area contributed by atoms with E-state index in [2.05, 4.69) is 0 Å². The largest absolute Gasteiger partial charge is 0.396 e. The van der Waals surface area contributed by atoms with Crippen molar-refractivity contribution in [3.63, 3.8) is 0 Å². The van der Waals surface area contributed by atoms with Crippen molar-refractivity contribution in [2.75, 3.05) is 13.2 Å². The fourth-order valence-electron chi connectivity index (χ4n) is 1.45. The molecule has 0 aliphatic heterocycles. The quantitative estimate of drug-likeness (QED) is 0.647. The normalized spacial score (nSPS) is 12.8. The molecule has 1 rings (SSSR count). The highest BCUT2D eigenvalue weighted by molar-refractivity contribution is 5.29. The number of hydrogen-bond donors (Lipinski definition) is 3. The molecular weight excluding hydrogens is 180 g/mol. The van der Waals surface area contributed by atoms with Gasteiger partial charge in [-0.3, -0.25) is 0 Å². The maximum absolute atomic E-state index is 9.50. The SMILES string of the molecule is OCCCc1ccccc1C(O)CO. The zero-order chi connectivity index (χ0) is 10.4. The highest BCUT2D eigenvalue weighted by Crippen LogP contribution is 2.18. The third-order valence-corrected chi connectivity index (χ3v) is 2.19. The number of benzene rings is 1. The average molecular weight is 196 g/mol. The van der Waals surface area contributed by atoms with Crippen molar-refractivity contribution >= 4 is 0 Å². The Balaban J connectivity index is 2.79. The fourth-order valence-corrected chi connectivity index (χ4v) is 1.45. The molecule has 0 amide bonds. The van der Waals surface area contributed by atoms with Gasteiger partial charge in [-0.2, -0.15) is 0 Å². The summed E-state index contributed by atoms with van der Waals surface area (Å²) < 4.78 is 0. The van der Waals surface area contributed by atoms with E-state index in [4.69, 9.17) is 10.2 Å². The molecule has 0 bridgehead atoms. The van der Waals surface area contributed by atoms with Crippen LogP contribution in [0.4, 0.5) is 0 Å². The predicted octanol–water partition coefficient (Wildman–Crippen LogP) is 0.637. The molecule has 3 nitrogen and oxygen atoms in total. The van der Waals surface area contributed by atoms with Crippen LogP contribution in [0.15, 0.2) is 24.3 Å². The van der Waals surface area contributed by atoms with Crippen LogP contribution < -0.4 is 0 Å². The minimum absolute atomic E-state index is 0.142. The van der Waals surface area contributed by atoms with Gasteiger partial charge in [0.05, 0.1) is 6.61 Å². The number of aliphatic hydroxyl groups excluding tert-OH is 3. The van der Waals surface area contributed by atoms with Crippen LogP contribution in [0, 0.1) is 0 Å². The first kappa shape index (κ1) is 11.2. The van der Waals surface area contributed by atoms with Crippen LogP contribution in [0.2, 0.25) is 0 Å². The molecule has 0 fully saturated rings. The smallest absolute Gasteiger partial charge is 0.102 e. The Labute approximate surface area is 83.6 Å². The Kier molecular flexibility index (Phi) is 4.59. The molecular formula is C11H16O3. The fraction of sp³-hybridized carbons (Fsp3) is 0.455. The lowest BCUT2D eigenvalue weighted by molar-refractivity contribution is 0.0948. The molecule has 0 saturated carbocycles. The van der Waals surface area contributed by atoms with E-state index in [0.29, 0.717) is 6.42 Å². The topological polar surface area (TPSA) is 60.7 Å². The Morgan fingerprint density at radius 3 is 2.50 bits per heavy atom. The van der Waals surface area contributed by atoms with E-state index in [1.54, 1.807) is 6.07 Å². The minimum atomic E-state index is -0.815. The van der Waals surface area contributed by atoms with Gasteiger partial charge < -0.3 is 15.3 Å². The summed E-state index contributed by atoms with van der Waals surface area (Å²) in [5, 5.41) is 27.0. The van der Waals surface area contributed by atoms with Crippen LogP contribution in [0.5, 0.6) is 0 Å². The first-order chi connectivity index (χ1) is 6.79. The zero-order valence-electron chi connectivity index (χ0n) is 8.06. The molecule has 0 aliphatic carbocycles. The monoisotopic (exact) mass is 196 g/mol. The third kappa shape index (κ3) is 2.80. The molecule has 3 N–H and O–H groups in total. The molecule has 1 aromatic rings. The van der Waals surface area contributed by atoms with Gasteiger partial charge in [0.1, 0.15) is 6.10 Å².